The van der Waals surface area contributed by atoms with Crippen molar-refractivity contribution in [3.63, 3.8) is 0 Å². The number of carbonyl (C=O) groups is 1. The summed E-state index contributed by atoms with van der Waals surface area (Å²) in [4.78, 5) is 15.3. The van der Waals surface area contributed by atoms with Gasteiger partial charge < -0.3 is 15.1 Å². The summed E-state index contributed by atoms with van der Waals surface area (Å²) in [5.41, 5.74) is -0.210. The lowest BCUT2D eigenvalue weighted by Crippen LogP contribution is -2.47. The van der Waals surface area contributed by atoms with E-state index in [0.29, 0.717) is 31.6 Å². The van der Waals surface area contributed by atoms with E-state index in [9.17, 15) is 18.0 Å². The molecule has 2 saturated heterocycles. The van der Waals surface area contributed by atoms with Gasteiger partial charge in [0.2, 0.25) is 5.91 Å². The van der Waals surface area contributed by atoms with Gasteiger partial charge in [0.05, 0.1) is 19.2 Å². The molecule has 1 N–H and O–H groups in total. The maximum absolute atomic E-state index is 13.8. The molecule has 0 aromatic heterocycles. The Labute approximate surface area is 161 Å². The van der Waals surface area contributed by atoms with Gasteiger partial charge in [0.15, 0.2) is 0 Å². The summed E-state index contributed by atoms with van der Waals surface area (Å²) in [6.07, 6.45) is 0.205. The van der Waals surface area contributed by atoms with Gasteiger partial charge in [-0.1, -0.05) is 0 Å². The number of benzene rings is 1. The quantitative estimate of drug-likeness (QED) is 0.847. The molecule has 6 nitrogen and oxygen atoms in total. The van der Waals surface area contributed by atoms with E-state index in [1.165, 1.54) is 11.0 Å². The third-order valence-electron chi connectivity index (χ3n) is 5.26. The Morgan fingerprint density at radius 1 is 1.21 bits per heavy atom. The summed E-state index contributed by atoms with van der Waals surface area (Å²) in [7, 11) is 0. The third-order valence-corrected chi connectivity index (χ3v) is 5.26. The number of nitrogens with zero attached hydrogens (tertiary/aromatic N) is 4. The van der Waals surface area contributed by atoms with Crippen molar-refractivity contribution in [2.24, 2.45) is 0 Å². The number of halogens is 3. The predicted octanol–water partition coefficient (Wildman–Crippen LogP) is 1.86. The normalized spacial score (nSPS) is 22.8. The van der Waals surface area contributed by atoms with E-state index >= 15 is 0 Å². The number of rotatable bonds is 4. The van der Waals surface area contributed by atoms with Crippen molar-refractivity contribution >= 4 is 11.6 Å². The first kappa shape index (κ1) is 20.0. The van der Waals surface area contributed by atoms with Crippen molar-refractivity contribution in [1.82, 2.24) is 10.2 Å². The van der Waals surface area contributed by atoms with Crippen molar-refractivity contribution in [2.75, 3.05) is 31.1 Å². The Kier molecular flexibility index (Phi) is 6.05. The second-order valence-corrected chi connectivity index (χ2v) is 7.06. The standard InChI is InChI=1S/C19H20F3N5O/c20-12-5-15(8-23)27(11-12)19(28)10-25-13-1-3-26(4-2-13)14-6-17(21)16(9-24)18(22)7-14/h6-7,12-13,15,25H,1-5,10-11H2/t12-,15-/m0/s1. The molecule has 2 aliphatic rings. The van der Waals surface area contributed by atoms with Crippen LogP contribution in [0.3, 0.4) is 0 Å². The fourth-order valence-corrected chi connectivity index (χ4v) is 3.71. The Morgan fingerprint density at radius 2 is 1.86 bits per heavy atom. The molecule has 148 valence electrons. The molecule has 0 unspecified atom stereocenters. The highest BCUT2D eigenvalue weighted by molar-refractivity contribution is 5.79. The number of likely N-dealkylation sites (tertiary alicyclic amines) is 1. The second-order valence-electron chi connectivity index (χ2n) is 7.06. The van der Waals surface area contributed by atoms with Crippen LogP contribution in [0.4, 0.5) is 18.9 Å². The minimum Gasteiger partial charge on any atom is -0.371 e. The van der Waals surface area contributed by atoms with E-state index in [4.69, 9.17) is 10.5 Å². The maximum Gasteiger partial charge on any atom is 0.237 e. The monoisotopic (exact) mass is 391 g/mol. The van der Waals surface area contributed by atoms with Gasteiger partial charge >= 0.3 is 0 Å². The zero-order chi connectivity index (χ0) is 20.3. The first-order valence-corrected chi connectivity index (χ1v) is 9.13. The highest BCUT2D eigenvalue weighted by Crippen LogP contribution is 2.25. The lowest BCUT2D eigenvalue weighted by molar-refractivity contribution is -0.130. The average Bonchev–Trinajstić information content (AvgIpc) is 3.07. The van der Waals surface area contributed by atoms with Crippen LogP contribution < -0.4 is 10.2 Å². The largest absolute Gasteiger partial charge is 0.371 e. The average molecular weight is 391 g/mol. The number of hydrogen-bond donors (Lipinski definition) is 1. The minimum atomic E-state index is -1.16. The van der Waals surface area contributed by atoms with Crippen molar-refractivity contribution in [1.29, 1.82) is 10.5 Å². The predicted molar refractivity (Wildman–Crippen MR) is 94.9 cm³/mol. The molecule has 0 radical (unpaired) electrons. The van der Waals surface area contributed by atoms with E-state index in [-0.39, 0.29) is 31.5 Å². The molecule has 1 amide bonds. The number of amides is 1. The molecule has 0 saturated carbocycles. The smallest absolute Gasteiger partial charge is 0.237 e. The van der Waals surface area contributed by atoms with Crippen LogP contribution in [0.1, 0.15) is 24.8 Å². The van der Waals surface area contributed by atoms with Crippen molar-refractivity contribution in [3.05, 3.63) is 29.3 Å². The molecule has 3 rings (SSSR count). The first-order valence-electron chi connectivity index (χ1n) is 9.13. The fraction of sp³-hybridized carbons (Fsp3) is 0.526. The molecule has 0 bridgehead atoms. The molecule has 2 aliphatic heterocycles. The van der Waals surface area contributed by atoms with Gasteiger partial charge in [-0.3, -0.25) is 4.79 Å². The Bertz CT molecular complexity index is 803. The Hall–Kier alpha value is -2.78. The number of alkyl halides is 1. The Balaban J connectivity index is 1.50. The summed E-state index contributed by atoms with van der Waals surface area (Å²) >= 11 is 0. The molecule has 2 atom stereocenters. The van der Waals surface area contributed by atoms with Crippen molar-refractivity contribution < 1.29 is 18.0 Å². The number of nitriles is 2. The topological polar surface area (TPSA) is 83.2 Å². The number of carbonyl (C=O) groups excluding carboxylic acids is 1. The van der Waals surface area contributed by atoms with Gasteiger partial charge in [0.25, 0.3) is 0 Å². The van der Waals surface area contributed by atoms with Crippen LogP contribution in [0, 0.1) is 34.3 Å². The molecule has 1 aromatic rings. The van der Waals surface area contributed by atoms with Crippen LogP contribution in [-0.2, 0) is 4.79 Å². The summed E-state index contributed by atoms with van der Waals surface area (Å²) < 4.78 is 41.0. The molecule has 9 heteroatoms. The zero-order valence-corrected chi connectivity index (χ0v) is 15.2. The fourth-order valence-electron chi connectivity index (χ4n) is 3.71. The van der Waals surface area contributed by atoms with Gasteiger partial charge in [0, 0.05) is 31.2 Å². The van der Waals surface area contributed by atoms with E-state index in [1.54, 1.807) is 0 Å². The SMILES string of the molecule is N#Cc1c(F)cc(N2CCC(NCC(=O)N3C[C@@H](F)C[C@H]3C#N)CC2)cc1F. The van der Waals surface area contributed by atoms with Crippen molar-refractivity contribution in [2.45, 2.75) is 37.5 Å². The van der Waals surface area contributed by atoms with Crippen LogP contribution >= 0.6 is 0 Å². The molecule has 2 fully saturated rings. The van der Waals surface area contributed by atoms with E-state index in [1.807, 2.05) is 11.0 Å². The van der Waals surface area contributed by atoms with Gasteiger partial charge in [0.1, 0.15) is 35.5 Å². The van der Waals surface area contributed by atoms with Crippen molar-refractivity contribution in [3.8, 4) is 12.1 Å². The molecular formula is C19H20F3N5O. The van der Waals surface area contributed by atoms with Crippen LogP contribution in [0.15, 0.2) is 12.1 Å². The summed E-state index contributed by atoms with van der Waals surface area (Å²) in [6.45, 7) is 1.05. The van der Waals surface area contributed by atoms with E-state index in [2.05, 4.69) is 5.32 Å². The lowest BCUT2D eigenvalue weighted by atomic mass is 10.0. The summed E-state index contributed by atoms with van der Waals surface area (Å²) in [5, 5.41) is 20.9. The Morgan fingerprint density at radius 3 is 2.43 bits per heavy atom. The third kappa shape index (κ3) is 4.20. The molecule has 2 heterocycles. The minimum absolute atomic E-state index is 0.0235. The van der Waals surface area contributed by atoms with Crippen LogP contribution in [0.5, 0.6) is 0 Å². The van der Waals surface area contributed by atoms with Crippen LogP contribution in [0.25, 0.3) is 0 Å². The molecular weight excluding hydrogens is 371 g/mol. The van der Waals surface area contributed by atoms with Gasteiger partial charge in [-0.25, -0.2) is 13.2 Å². The maximum atomic E-state index is 13.8. The number of nitrogens with one attached hydrogen (secondary N) is 1. The van der Waals surface area contributed by atoms with Crippen LogP contribution in [0.2, 0.25) is 0 Å². The molecule has 28 heavy (non-hydrogen) atoms. The molecule has 0 aliphatic carbocycles. The summed E-state index contributed by atoms with van der Waals surface area (Å²) in [6, 6.07) is 5.09. The van der Waals surface area contributed by atoms with Gasteiger partial charge in [-0.15, -0.1) is 0 Å². The number of anilines is 1. The van der Waals surface area contributed by atoms with Gasteiger partial charge in [-0.05, 0) is 25.0 Å². The molecule has 1 aromatic carbocycles. The number of hydrogen-bond acceptors (Lipinski definition) is 5. The highest BCUT2D eigenvalue weighted by Gasteiger charge is 2.35. The van der Waals surface area contributed by atoms with Gasteiger partial charge in [-0.2, -0.15) is 10.5 Å². The zero-order valence-electron chi connectivity index (χ0n) is 15.2. The lowest BCUT2D eigenvalue weighted by Gasteiger charge is -2.34. The summed E-state index contributed by atoms with van der Waals surface area (Å²) in [5.74, 6) is -2.07. The van der Waals surface area contributed by atoms with E-state index < -0.39 is 29.4 Å². The molecule has 0 spiro atoms. The highest BCUT2D eigenvalue weighted by atomic mass is 19.1. The van der Waals surface area contributed by atoms with E-state index in [0.717, 1.165) is 12.1 Å². The number of piperidine rings is 1. The van der Waals surface area contributed by atoms with Crippen LogP contribution in [-0.4, -0.2) is 55.2 Å². The second kappa shape index (κ2) is 8.49. The first-order chi connectivity index (χ1) is 13.4.